The maximum absolute atomic E-state index is 12.2. The van der Waals surface area contributed by atoms with Crippen molar-refractivity contribution in [3.8, 4) is 17.6 Å². The summed E-state index contributed by atoms with van der Waals surface area (Å²) in [4.78, 5) is 12.2. The first-order valence-corrected chi connectivity index (χ1v) is 8.36. The lowest BCUT2D eigenvalue weighted by Crippen LogP contribution is -2.24. The Balaban J connectivity index is 2.02. The van der Waals surface area contributed by atoms with Gasteiger partial charge in [0.25, 0.3) is 0 Å². The molecule has 26 heavy (non-hydrogen) atoms. The highest BCUT2D eigenvalue weighted by atomic mass is 16.5. The smallest absolute Gasteiger partial charge is 0.244 e. The van der Waals surface area contributed by atoms with Gasteiger partial charge in [0.15, 0.2) is 11.5 Å². The van der Waals surface area contributed by atoms with Crippen LogP contribution in [0.2, 0.25) is 0 Å². The van der Waals surface area contributed by atoms with Crippen LogP contribution in [0.3, 0.4) is 0 Å². The van der Waals surface area contributed by atoms with Gasteiger partial charge in [-0.25, -0.2) is 0 Å². The number of methoxy groups -OCH3 is 1. The molecule has 1 atom stereocenters. The van der Waals surface area contributed by atoms with E-state index < -0.39 is 0 Å². The van der Waals surface area contributed by atoms with Gasteiger partial charge in [-0.2, -0.15) is 5.26 Å². The molecule has 2 aromatic rings. The first-order valence-electron chi connectivity index (χ1n) is 8.36. The maximum atomic E-state index is 12.2. The third-order valence-corrected chi connectivity index (χ3v) is 3.81. The third kappa shape index (κ3) is 5.12. The summed E-state index contributed by atoms with van der Waals surface area (Å²) in [7, 11) is 1.59. The molecule has 0 saturated carbocycles. The highest BCUT2D eigenvalue weighted by Gasteiger charge is 2.08. The fraction of sp³-hybridized carbons (Fsp3) is 0.238. The highest BCUT2D eigenvalue weighted by molar-refractivity contribution is 5.92. The van der Waals surface area contributed by atoms with Crippen LogP contribution >= 0.6 is 0 Å². The average Bonchev–Trinajstić information content (AvgIpc) is 2.67. The highest BCUT2D eigenvalue weighted by Crippen LogP contribution is 2.28. The molecular weight excluding hydrogens is 328 g/mol. The van der Waals surface area contributed by atoms with Crippen LogP contribution in [0.15, 0.2) is 48.5 Å². The van der Waals surface area contributed by atoms with Gasteiger partial charge in [-0.05, 0) is 55.3 Å². The quantitative estimate of drug-likeness (QED) is 0.770. The zero-order chi connectivity index (χ0) is 18.9. The Labute approximate surface area is 153 Å². The summed E-state index contributed by atoms with van der Waals surface area (Å²) in [6.07, 6.45) is 3.21. The van der Waals surface area contributed by atoms with Crippen LogP contribution in [0.25, 0.3) is 6.08 Å². The van der Waals surface area contributed by atoms with Crippen molar-refractivity contribution in [1.82, 2.24) is 5.32 Å². The molecule has 0 saturated heterocycles. The van der Waals surface area contributed by atoms with E-state index in [0.29, 0.717) is 23.7 Å². The topological polar surface area (TPSA) is 71.3 Å². The van der Waals surface area contributed by atoms with E-state index in [1.54, 1.807) is 25.3 Å². The maximum Gasteiger partial charge on any atom is 0.244 e. The summed E-state index contributed by atoms with van der Waals surface area (Å²) >= 11 is 0. The lowest BCUT2D eigenvalue weighted by molar-refractivity contribution is -0.117. The van der Waals surface area contributed by atoms with E-state index in [2.05, 4.69) is 11.4 Å². The Morgan fingerprint density at radius 2 is 1.96 bits per heavy atom. The van der Waals surface area contributed by atoms with E-state index in [1.807, 2.05) is 44.2 Å². The van der Waals surface area contributed by atoms with Crippen molar-refractivity contribution in [3.63, 3.8) is 0 Å². The second-order valence-corrected chi connectivity index (χ2v) is 5.64. The SMILES string of the molecule is CCOc1cc(/C=C/C(=O)NC(C)c2ccc(C#N)cc2)ccc1OC. The molecule has 0 aliphatic heterocycles. The number of nitrogens with one attached hydrogen (secondary N) is 1. The van der Waals surface area contributed by atoms with Gasteiger partial charge in [0.05, 0.1) is 31.4 Å². The number of carbonyl (C=O) groups excluding carboxylic acids is 1. The molecule has 0 aromatic heterocycles. The van der Waals surface area contributed by atoms with Gasteiger partial charge in [-0.3, -0.25) is 4.79 Å². The molecule has 5 heteroatoms. The predicted molar refractivity (Wildman–Crippen MR) is 101 cm³/mol. The first kappa shape index (κ1) is 19.1. The van der Waals surface area contributed by atoms with Gasteiger partial charge in [-0.1, -0.05) is 18.2 Å². The van der Waals surface area contributed by atoms with Crippen molar-refractivity contribution in [3.05, 3.63) is 65.2 Å². The van der Waals surface area contributed by atoms with Gasteiger partial charge in [0.1, 0.15) is 0 Å². The second-order valence-electron chi connectivity index (χ2n) is 5.64. The molecule has 1 unspecified atom stereocenters. The molecule has 0 fully saturated rings. The van der Waals surface area contributed by atoms with Crippen molar-refractivity contribution in [2.45, 2.75) is 19.9 Å². The minimum atomic E-state index is -0.198. The molecule has 5 nitrogen and oxygen atoms in total. The molecule has 1 amide bonds. The molecule has 2 aromatic carbocycles. The minimum absolute atomic E-state index is 0.158. The Morgan fingerprint density at radius 3 is 2.58 bits per heavy atom. The van der Waals surface area contributed by atoms with E-state index in [9.17, 15) is 4.79 Å². The summed E-state index contributed by atoms with van der Waals surface area (Å²) in [6.45, 7) is 4.33. The Morgan fingerprint density at radius 1 is 1.23 bits per heavy atom. The summed E-state index contributed by atoms with van der Waals surface area (Å²) in [5.41, 5.74) is 2.38. The molecule has 0 radical (unpaired) electrons. The second kappa shape index (κ2) is 9.28. The number of carbonyl (C=O) groups is 1. The van der Waals surface area contributed by atoms with Gasteiger partial charge in [0, 0.05) is 6.08 Å². The van der Waals surface area contributed by atoms with Gasteiger partial charge in [0.2, 0.25) is 5.91 Å². The number of nitrogens with zero attached hydrogens (tertiary/aromatic N) is 1. The van der Waals surface area contributed by atoms with Crippen LogP contribution < -0.4 is 14.8 Å². The zero-order valence-corrected chi connectivity index (χ0v) is 15.2. The van der Waals surface area contributed by atoms with Crippen molar-refractivity contribution in [2.75, 3.05) is 13.7 Å². The fourth-order valence-electron chi connectivity index (χ4n) is 2.43. The summed E-state index contributed by atoms with van der Waals surface area (Å²) in [5.74, 6) is 1.10. The number of benzene rings is 2. The molecule has 2 rings (SSSR count). The standard InChI is InChI=1S/C21H22N2O3/c1-4-26-20-13-16(7-11-19(20)25-3)8-12-21(24)23-15(2)18-9-5-17(14-22)6-10-18/h5-13,15H,4H2,1-3H3,(H,23,24)/b12-8+. The van der Waals surface area contributed by atoms with E-state index in [0.717, 1.165) is 11.1 Å². The van der Waals surface area contributed by atoms with E-state index in [4.69, 9.17) is 14.7 Å². The summed E-state index contributed by atoms with van der Waals surface area (Å²) in [6, 6.07) is 14.6. The number of nitriles is 1. The summed E-state index contributed by atoms with van der Waals surface area (Å²) in [5, 5.41) is 11.7. The van der Waals surface area contributed by atoms with Crippen molar-refractivity contribution in [2.24, 2.45) is 0 Å². The lowest BCUT2D eigenvalue weighted by Gasteiger charge is -2.13. The first-order chi connectivity index (χ1) is 12.6. The van der Waals surface area contributed by atoms with Crippen LogP contribution in [0.5, 0.6) is 11.5 Å². The van der Waals surface area contributed by atoms with Crippen LogP contribution in [0.4, 0.5) is 0 Å². The molecule has 1 N–H and O–H groups in total. The zero-order valence-electron chi connectivity index (χ0n) is 15.2. The largest absolute Gasteiger partial charge is 0.493 e. The number of ether oxygens (including phenoxy) is 2. The van der Waals surface area contributed by atoms with Crippen molar-refractivity contribution in [1.29, 1.82) is 5.26 Å². The van der Waals surface area contributed by atoms with Crippen molar-refractivity contribution < 1.29 is 14.3 Å². The molecule has 0 aliphatic rings. The van der Waals surface area contributed by atoms with Gasteiger partial charge < -0.3 is 14.8 Å². The van der Waals surface area contributed by atoms with Crippen LogP contribution in [-0.2, 0) is 4.79 Å². The van der Waals surface area contributed by atoms with E-state index >= 15 is 0 Å². The number of hydrogen-bond donors (Lipinski definition) is 1. The molecule has 134 valence electrons. The molecule has 0 bridgehead atoms. The van der Waals surface area contributed by atoms with Crippen LogP contribution in [0.1, 0.15) is 36.6 Å². The van der Waals surface area contributed by atoms with Crippen LogP contribution in [0, 0.1) is 11.3 Å². The Bertz CT molecular complexity index is 820. The molecule has 0 aliphatic carbocycles. The monoisotopic (exact) mass is 350 g/mol. The Hall–Kier alpha value is -3.26. The normalized spacial score (nSPS) is 11.6. The van der Waals surface area contributed by atoms with Crippen LogP contribution in [-0.4, -0.2) is 19.6 Å². The minimum Gasteiger partial charge on any atom is -0.493 e. The van der Waals surface area contributed by atoms with Gasteiger partial charge >= 0.3 is 0 Å². The number of amides is 1. The van der Waals surface area contributed by atoms with Crippen molar-refractivity contribution >= 4 is 12.0 Å². The Kier molecular flexibility index (Phi) is 6.81. The molecular formula is C21H22N2O3. The van der Waals surface area contributed by atoms with Gasteiger partial charge in [-0.15, -0.1) is 0 Å². The number of rotatable bonds is 7. The average molecular weight is 350 g/mol. The van der Waals surface area contributed by atoms with E-state index in [-0.39, 0.29) is 11.9 Å². The predicted octanol–water partition coefficient (Wildman–Crippen LogP) is 3.86. The van der Waals surface area contributed by atoms with E-state index in [1.165, 1.54) is 6.08 Å². The summed E-state index contributed by atoms with van der Waals surface area (Å²) < 4.78 is 10.8. The fourth-order valence-corrected chi connectivity index (χ4v) is 2.43. The number of hydrogen-bond acceptors (Lipinski definition) is 4. The molecule has 0 spiro atoms. The lowest BCUT2D eigenvalue weighted by atomic mass is 10.1. The molecule has 0 heterocycles. The third-order valence-electron chi connectivity index (χ3n) is 3.81.